The topological polar surface area (TPSA) is 42.0 Å². The number of halogens is 1. The minimum atomic E-state index is -0.210. The Kier molecular flexibility index (Phi) is 4.61. The van der Waals surface area contributed by atoms with E-state index in [4.69, 9.17) is 0 Å². The normalized spacial score (nSPS) is 27.9. The number of amides is 1. The number of hydrogen-bond donors (Lipinski definition) is 1. The van der Waals surface area contributed by atoms with Crippen LogP contribution in [0.1, 0.15) is 60.0 Å². The van der Waals surface area contributed by atoms with Crippen LogP contribution >= 0.6 is 0 Å². The molecule has 3 nitrogen and oxygen atoms in total. The maximum absolute atomic E-state index is 13.8. The standard InChI is InChI=1S/C26H27FN2O/c1-16-3-5-19(6-4-16)25(30)29-24-17(2)26(24)12-9-18(10-13-26)21-11-14-28-23-8-7-20(27)15-22(21)23/h3-8,11,14-15,17-18,24H,9-10,12-13H2,1-2H3,(H,29,30)/t17?,18?,24-,26?/m0/s1. The monoisotopic (exact) mass is 402 g/mol. The van der Waals surface area contributed by atoms with Crippen molar-refractivity contribution in [2.75, 3.05) is 0 Å². The molecule has 1 unspecified atom stereocenters. The largest absolute Gasteiger partial charge is 0.348 e. The maximum Gasteiger partial charge on any atom is 0.251 e. The molecule has 1 amide bonds. The fraction of sp³-hybridized carbons (Fsp3) is 0.385. The summed E-state index contributed by atoms with van der Waals surface area (Å²) in [7, 11) is 0. The van der Waals surface area contributed by atoms with E-state index in [9.17, 15) is 9.18 Å². The molecule has 1 spiro atoms. The number of fused-ring (bicyclic) bond motifs is 1. The smallest absolute Gasteiger partial charge is 0.251 e. The number of aryl methyl sites for hydroxylation is 1. The molecule has 0 saturated heterocycles. The van der Waals surface area contributed by atoms with Crippen molar-refractivity contribution in [1.29, 1.82) is 0 Å². The molecule has 0 bridgehead atoms. The van der Waals surface area contributed by atoms with Gasteiger partial charge in [0.1, 0.15) is 5.82 Å². The Morgan fingerprint density at radius 1 is 1.10 bits per heavy atom. The molecule has 2 aliphatic carbocycles. The second-order valence-electron chi connectivity index (χ2n) is 9.17. The highest BCUT2D eigenvalue weighted by molar-refractivity contribution is 5.94. The van der Waals surface area contributed by atoms with Crippen LogP contribution in [0.25, 0.3) is 10.9 Å². The van der Waals surface area contributed by atoms with Crippen molar-refractivity contribution >= 4 is 16.8 Å². The molecular weight excluding hydrogens is 375 g/mol. The van der Waals surface area contributed by atoms with Crippen LogP contribution in [0.4, 0.5) is 4.39 Å². The van der Waals surface area contributed by atoms with Crippen molar-refractivity contribution in [2.45, 2.75) is 51.5 Å². The van der Waals surface area contributed by atoms with E-state index < -0.39 is 0 Å². The van der Waals surface area contributed by atoms with Crippen LogP contribution in [0.3, 0.4) is 0 Å². The Morgan fingerprint density at radius 2 is 1.83 bits per heavy atom. The van der Waals surface area contributed by atoms with Crippen molar-refractivity contribution in [1.82, 2.24) is 10.3 Å². The van der Waals surface area contributed by atoms with Crippen LogP contribution in [-0.4, -0.2) is 16.9 Å². The summed E-state index contributed by atoms with van der Waals surface area (Å²) in [4.78, 5) is 17.1. The molecule has 154 valence electrons. The van der Waals surface area contributed by atoms with E-state index in [2.05, 4.69) is 23.3 Å². The first-order valence-electron chi connectivity index (χ1n) is 10.9. The first-order valence-corrected chi connectivity index (χ1v) is 10.9. The molecule has 30 heavy (non-hydrogen) atoms. The van der Waals surface area contributed by atoms with Crippen LogP contribution in [0.15, 0.2) is 54.7 Å². The van der Waals surface area contributed by atoms with Gasteiger partial charge in [-0.25, -0.2) is 4.39 Å². The third-order valence-corrected chi connectivity index (χ3v) is 7.61. The van der Waals surface area contributed by atoms with Gasteiger partial charge in [-0.05, 0) is 91.8 Å². The number of nitrogens with one attached hydrogen (secondary N) is 1. The van der Waals surface area contributed by atoms with E-state index in [1.165, 1.54) is 11.6 Å². The van der Waals surface area contributed by atoms with Crippen molar-refractivity contribution in [2.24, 2.45) is 11.3 Å². The Bertz CT molecular complexity index is 1100. The van der Waals surface area contributed by atoms with Crippen molar-refractivity contribution in [3.8, 4) is 0 Å². The molecule has 5 rings (SSSR count). The van der Waals surface area contributed by atoms with Crippen LogP contribution < -0.4 is 5.32 Å². The highest BCUT2D eigenvalue weighted by Gasteiger charge is 2.62. The molecular formula is C26H27FN2O. The fourth-order valence-electron chi connectivity index (χ4n) is 5.63. The first-order chi connectivity index (χ1) is 14.5. The van der Waals surface area contributed by atoms with Gasteiger partial charge in [0.25, 0.3) is 5.91 Å². The summed E-state index contributed by atoms with van der Waals surface area (Å²) in [6.07, 6.45) is 6.16. The molecule has 0 aliphatic heterocycles. The minimum absolute atomic E-state index is 0.0291. The summed E-state index contributed by atoms with van der Waals surface area (Å²) in [5.41, 5.74) is 4.17. The number of pyridine rings is 1. The number of hydrogen-bond acceptors (Lipinski definition) is 2. The molecule has 1 heterocycles. The lowest BCUT2D eigenvalue weighted by Crippen LogP contribution is -2.31. The molecule has 2 atom stereocenters. The fourth-order valence-corrected chi connectivity index (χ4v) is 5.63. The quantitative estimate of drug-likeness (QED) is 0.604. The Labute approximate surface area is 176 Å². The Morgan fingerprint density at radius 3 is 2.57 bits per heavy atom. The molecule has 3 aromatic rings. The second kappa shape index (κ2) is 7.19. The lowest BCUT2D eigenvalue weighted by Gasteiger charge is -2.31. The van der Waals surface area contributed by atoms with Crippen LogP contribution in [0.5, 0.6) is 0 Å². The maximum atomic E-state index is 13.8. The number of carbonyl (C=O) groups excluding carboxylic acids is 1. The Balaban J connectivity index is 1.29. The van der Waals surface area contributed by atoms with Crippen LogP contribution in [-0.2, 0) is 0 Å². The van der Waals surface area contributed by atoms with Gasteiger partial charge >= 0.3 is 0 Å². The number of carbonyl (C=O) groups is 1. The predicted molar refractivity (Wildman–Crippen MR) is 117 cm³/mol. The second-order valence-corrected chi connectivity index (χ2v) is 9.17. The number of benzene rings is 2. The van der Waals surface area contributed by atoms with Gasteiger partial charge in [-0.15, -0.1) is 0 Å². The summed E-state index contributed by atoms with van der Waals surface area (Å²) >= 11 is 0. The van der Waals surface area contributed by atoms with E-state index in [0.717, 1.165) is 47.7 Å². The average Bonchev–Trinajstić information content (AvgIpc) is 3.28. The predicted octanol–water partition coefficient (Wildman–Crippen LogP) is 5.77. The summed E-state index contributed by atoms with van der Waals surface area (Å²) in [6, 6.07) is 14.9. The van der Waals surface area contributed by atoms with Gasteiger partial charge in [0.15, 0.2) is 0 Å². The van der Waals surface area contributed by atoms with E-state index in [0.29, 0.717) is 11.8 Å². The molecule has 2 saturated carbocycles. The average molecular weight is 403 g/mol. The number of rotatable bonds is 3. The van der Waals surface area contributed by atoms with Gasteiger partial charge in [0, 0.05) is 23.2 Å². The summed E-state index contributed by atoms with van der Waals surface area (Å²) in [5, 5.41) is 4.23. The number of aromatic nitrogens is 1. The zero-order valence-corrected chi connectivity index (χ0v) is 17.5. The highest BCUT2D eigenvalue weighted by atomic mass is 19.1. The summed E-state index contributed by atoms with van der Waals surface area (Å²) < 4.78 is 13.8. The van der Waals surface area contributed by atoms with Gasteiger partial charge in [0.2, 0.25) is 0 Å². The molecule has 4 heteroatoms. The SMILES string of the molecule is Cc1ccc(C(=O)N[C@H]2C(C)C23CCC(c2ccnc4ccc(F)cc24)CC3)cc1. The van der Waals surface area contributed by atoms with Gasteiger partial charge in [-0.2, -0.15) is 0 Å². The summed E-state index contributed by atoms with van der Waals surface area (Å²) in [6.45, 7) is 4.29. The zero-order chi connectivity index (χ0) is 20.9. The molecule has 2 fully saturated rings. The van der Waals surface area contributed by atoms with Crippen LogP contribution in [0, 0.1) is 24.1 Å². The van der Waals surface area contributed by atoms with Gasteiger partial charge < -0.3 is 5.32 Å². The molecule has 1 N–H and O–H groups in total. The van der Waals surface area contributed by atoms with Gasteiger partial charge in [0.05, 0.1) is 5.52 Å². The van der Waals surface area contributed by atoms with Crippen LogP contribution in [0.2, 0.25) is 0 Å². The highest BCUT2D eigenvalue weighted by Crippen LogP contribution is 2.63. The molecule has 0 radical (unpaired) electrons. The first kappa shape index (κ1) is 19.2. The molecule has 2 aromatic carbocycles. The van der Waals surface area contributed by atoms with E-state index >= 15 is 0 Å². The zero-order valence-electron chi connectivity index (χ0n) is 17.5. The van der Waals surface area contributed by atoms with E-state index in [1.54, 1.807) is 12.1 Å². The summed E-state index contributed by atoms with van der Waals surface area (Å²) in [5.74, 6) is 0.740. The van der Waals surface area contributed by atoms with Crippen molar-refractivity contribution < 1.29 is 9.18 Å². The minimum Gasteiger partial charge on any atom is -0.348 e. The Hall–Kier alpha value is -2.75. The number of nitrogens with zero attached hydrogens (tertiary/aromatic N) is 1. The molecule has 1 aromatic heterocycles. The van der Waals surface area contributed by atoms with Gasteiger partial charge in [-0.3, -0.25) is 9.78 Å². The van der Waals surface area contributed by atoms with E-state index in [-0.39, 0.29) is 23.2 Å². The van der Waals surface area contributed by atoms with E-state index in [1.807, 2.05) is 37.4 Å². The molecule has 2 aliphatic rings. The third-order valence-electron chi connectivity index (χ3n) is 7.61. The third kappa shape index (κ3) is 3.19. The lowest BCUT2D eigenvalue weighted by atomic mass is 9.75. The van der Waals surface area contributed by atoms with Gasteiger partial charge in [-0.1, -0.05) is 24.6 Å². The lowest BCUT2D eigenvalue weighted by molar-refractivity contribution is 0.0941. The van der Waals surface area contributed by atoms with Crippen molar-refractivity contribution in [3.63, 3.8) is 0 Å². The van der Waals surface area contributed by atoms with Crippen molar-refractivity contribution in [3.05, 3.63) is 77.2 Å².